The van der Waals surface area contributed by atoms with E-state index in [0.29, 0.717) is 0 Å². The minimum absolute atomic E-state index is 0. The molecule has 0 aliphatic rings. The van der Waals surface area contributed by atoms with Crippen LogP contribution in [0, 0.1) is 35.6 Å². The van der Waals surface area contributed by atoms with E-state index in [-0.39, 0.29) is 61.4 Å². The molecule has 0 spiro atoms. The predicted octanol–water partition coefficient (Wildman–Crippen LogP) is -4.98. The summed E-state index contributed by atoms with van der Waals surface area (Å²) in [6, 6.07) is 0. The van der Waals surface area contributed by atoms with Crippen molar-refractivity contribution < 1.29 is 54.8 Å². The van der Waals surface area contributed by atoms with Crippen molar-refractivity contribution in [2.24, 2.45) is 0 Å². The second kappa shape index (κ2) is 8.85. The summed E-state index contributed by atoms with van der Waals surface area (Å²) in [4.78, 5) is 29.3. The molecule has 0 saturated heterocycles. The molecule has 0 aromatic rings. The van der Waals surface area contributed by atoms with Crippen molar-refractivity contribution in [1.82, 2.24) is 0 Å². The average Bonchev–Trinajstić information content (AvgIpc) is 0.722. The fourth-order valence-corrected chi connectivity index (χ4v) is 0. The van der Waals surface area contributed by atoms with Gasteiger partial charge in [0.25, 0.3) is 0 Å². The fourth-order valence-electron chi connectivity index (χ4n) is 0. The SMILES string of the molecule is B.O[Si](O)(O)O.[AlH3].[La]. The van der Waals surface area contributed by atoms with Crippen LogP contribution in [0.1, 0.15) is 0 Å². The molecule has 0 fully saturated rings. The van der Waals surface area contributed by atoms with Gasteiger partial charge in [0, 0.05) is 35.6 Å². The first-order valence-corrected chi connectivity index (χ1v) is 2.68. The molecule has 0 heterocycles. The smallest absolute Gasteiger partial charge is 0.368 e. The van der Waals surface area contributed by atoms with E-state index in [0.717, 1.165) is 0 Å². The second-order valence-electron chi connectivity index (χ2n) is 0.600. The van der Waals surface area contributed by atoms with Crippen LogP contribution < -0.4 is 0 Å². The van der Waals surface area contributed by atoms with E-state index in [1.807, 2.05) is 0 Å². The molecular weight excluding hydrogens is 269 g/mol. The molecule has 0 aliphatic heterocycles. The van der Waals surface area contributed by atoms with Gasteiger partial charge in [-0.1, -0.05) is 0 Å². The first-order chi connectivity index (χ1) is 2.00. The Bertz CT molecular complexity index is 31.5. The minimum Gasteiger partial charge on any atom is -0.368 e. The third-order valence-electron chi connectivity index (χ3n) is 0. The molecule has 1 radical (unpaired) electrons. The Morgan fingerprint density at radius 1 is 0.875 bits per heavy atom. The van der Waals surface area contributed by atoms with E-state index in [1.165, 1.54) is 0 Å². The maximum Gasteiger partial charge on any atom is 0.668 e. The Morgan fingerprint density at radius 3 is 0.875 bits per heavy atom. The van der Waals surface area contributed by atoms with Gasteiger partial charge in [0.15, 0.2) is 17.4 Å². The Hall–Kier alpha value is 1.85. The maximum atomic E-state index is 7.33. The molecule has 0 aliphatic carbocycles. The van der Waals surface area contributed by atoms with Crippen LogP contribution in [0.4, 0.5) is 0 Å². The Kier molecular flexibility index (Phi) is 24.9. The maximum absolute atomic E-state index is 7.33. The molecule has 0 rings (SSSR count). The van der Waals surface area contributed by atoms with Crippen LogP contribution in [0.2, 0.25) is 0 Å². The molecule has 8 heteroatoms. The van der Waals surface area contributed by atoms with Crippen molar-refractivity contribution in [3.8, 4) is 0 Å². The van der Waals surface area contributed by atoms with E-state index < -0.39 is 9.05 Å². The minimum atomic E-state index is -4.61. The van der Waals surface area contributed by atoms with Gasteiger partial charge in [0.2, 0.25) is 0 Å². The Labute approximate surface area is 88.7 Å². The number of rotatable bonds is 0. The van der Waals surface area contributed by atoms with E-state index in [9.17, 15) is 0 Å². The zero-order valence-electron chi connectivity index (χ0n) is 2.87. The molecular formula is H10AlBLaO4Si. The van der Waals surface area contributed by atoms with Crippen molar-refractivity contribution >= 4 is 34.8 Å². The summed E-state index contributed by atoms with van der Waals surface area (Å²) < 4.78 is 0. The second-order valence-corrected chi connectivity index (χ2v) is 1.80. The van der Waals surface area contributed by atoms with Gasteiger partial charge in [0.1, 0.15) is 0 Å². The van der Waals surface area contributed by atoms with Gasteiger partial charge < -0.3 is 19.2 Å². The summed E-state index contributed by atoms with van der Waals surface area (Å²) in [6.45, 7) is 0. The molecule has 0 atom stereocenters. The Balaban J connectivity index is -0.0000000267. The molecule has 4 nitrogen and oxygen atoms in total. The zero-order valence-corrected chi connectivity index (χ0v) is 7.49. The van der Waals surface area contributed by atoms with E-state index in [4.69, 9.17) is 19.2 Å². The largest absolute Gasteiger partial charge is 0.668 e. The van der Waals surface area contributed by atoms with Crippen LogP contribution in [0.3, 0.4) is 0 Å². The van der Waals surface area contributed by atoms with Gasteiger partial charge in [-0.25, -0.2) is 0 Å². The van der Waals surface area contributed by atoms with Crippen molar-refractivity contribution in [2.75, 3.05) is 0 Å². The molecule has 4 N–H and O–H groups in total. The number of hydrogen-bond acceptors (Lipinski definition) is 4. The van der Waals surface area contributed by atoms with Crippen LogP contribution in [-0.2, 0) is 0 Å². The van der Waals surface area contributed by atoms with Crippen LogP contribution in [0.25, 0.3) is 0 Å². The average molecular weight is 279 g/mol. The van der Waals surface area contributed by atoms with Crippen LogP contribution >= 0.6 is 0 Å². The van der Waals surface area contributed by atoms with Crippen molar-refractivity contribution in [2.45, 2.75) is 0 Å². The van der Waals surface area contributed by atoms with Gasteiger partial charge in [0.05, 0.1) is 8.41 Å². The predicted molar refractivity (Wildman–Crippen MR) is 34.5 cm³/mol. The zero-order chi connectivity index (χ0) is 4.50. The van der Waals surface area contributed by atoms with Crippen LogP contribution in [0.15, 0.2) is 0 Å². The van der Waals surface area contributed by atoms with Crippen LogP contribution in [-0.4, -0.2) is 54.0 Å². The van der Waals surface area contributed by atoms with Crippen molar-refractivity contribution in [3.63, 3.8) is 0 Å². The summed E-state index contributed by atoms with van der Waals surface area (Å²) in [5.41, 5.74) is 0. The molecule has 0 unspecified atom stereocenters. The third-order valence-corrected chi connectivity index (χ3v) is 0. The fraction of sp³-hybridized carbons (Fsp3) is 0. The summed E-state index contributed by atoms with van der Waals surface area (Å²) in [5, 5.41) is 0. The topological polar surface area (TPSA) is 80.9 Å². The summed E-state index contributed by atoms with van der Waals surface area (Å²) in [7, 11) is -4.61. The first-order valence-electron chi connectivity index (χ1n) is 0.894. The van der Waals surface area contributed by atoms with Crippen LogP contribution in [0.5, 0.6) is 0 Å². The third kappa shape index (κ3) is 108. The molecule has 8 heavy (non-hydrogen) atoms. The standard InChI is InChI=1S/Al.BH3.La.H4O4Si.3H/c;;;1-5(2,3)4;;;/h;1H3;;1-4H;;;. The Morgan fingerprint density at radius 2 is 0.875 bits per heavy atom. The quantitative estimate of drug-likeness (QED) is 0.335. The molecule has 0 aromatic heterocycles. The molecule has 0 saturated carbocycles. The summed E-state index contributed by atoms with van der Waals surface area (Å²) >= 11 is 0. The summed E-state index contributed by atoms with van der Waals surface area (Å²) in [5.74, 6) is 0. The van der Waals surface area contributed by atoms with Crippen molar-refractivity contribution in [1.29, 1.82) is 0 Å². The first kappa shape index (κ1) is 22.5. The monoisotopic (exact) mass is 279 g/mol. The molecule has 47 valence electrons. The van der Waals surface area contributed by atoms with E-state index >= 15 is 0 Å². The van der Waals surface area contributed by atoms with Crippen molar-refractivity contribution in [3.05, 3.63) is 0 Å². The van der Waals surface area contributed by atoms with Gasteiger partial charge >= 0.3 is 9.05 Å². The molecule has 0 amide bonds. The number of hydrogen-bond donors (Lipinski definition) is 4. The van der Waals surface area contributed by atoms with Gasteiger partial charge in [-0.05, 0) is 0 Å². The van der Waals surface area contributed by atoms with Gasteiger partial charge in [-0.3, -0.25) is 0 Å². The molecule has 0 bridgehead atoms. The van der Waals surface area contributed by atoms with E-state index in [1.54, 1.807) is 0 Å². The summed E-state index contributed by atoms with van der Waals surface area (Å²) in [6.07, 6.45) is 0. The van der Waals surface area contributed by atoms with Gasteiger partial charge in [-0.15, -0.1) is 0 Å². The molecule has 0 aromatic carbocycles. The van der Waals surface area contributed by atoms with Gasteiger partial charge in [-0.2, -0.15) is 0 Å². The normalized spacial score (nSPS) is 7.50. The van der Waals surface area contributed by atoms with E-state index in [2.05, 4.69) is 0 Å².